The Morgan fingerprint density at radius 3 is 2.66 bits per heavy atom. The highest BCUT2D eigenvalue weighted by atomic mass is 79.9. The van der Waals surface area contributed by atoms with Gasteiger partial charge in [0.25, 0.3) is 11.2 Å². The number of aromatic nitrogens is 1. The molecule has 2 heterocycles. The van der Waals surface area contributed by atoms with Gasteiger partial charge in [0.1, 0.15) is 23.3 Å². The molecule has 0 bridgehead atoms. The van der Waals surface area contributed by atoms with Crippen molar-refractivity contribution in [3.05, 3.63) is 87.0 Å². The first-order valence-corrected chi connectivity index (χ1v) is 12.8. The van der Waals surface area contributed by atoms with Crippen molar-refractivity contribution >= 4 is 45.0 Å². The van der Waals surface area contributed by atoms with Gasteiger partial charge in [0, 0.05) is 23.3 Å². The summed E-state index contributed by atoms with van der Waals surface area (Å²) in [5.41, 5.74) is 0.240. The van der Waals surface area contributed by atoms with Crippen LogP contribution < -0.4 is 24.4 Å². The van der Waals surface area contributed by atoms with Crippen molar-refractivity contribution in [3.63, 3.8) is 0 Å². The molecule has 3 aromatic rings. The van der Waals surface area contributed by atoms with Crippen molar-refractivity contribution < 1.29 is 29.0 Å². The highest BCUT2D eigenvalue weighted by molar-refractivity contribution is 9.10. The molecule has 2 aromatic carbocycles. The highest BCUT2D eigenvalue weighted by Crippen LogP contribution is 2.38. The van der Waals surface area contributed by atoms with E-state index in [4.69, 9.17) is 14.2 Å². The minimum absolute atomic E-state index is 0.0631. The number of esters is 1. The number of methoxy groups -OCH3 is 2. The molecule has 1 N–H and O–H groups in total. The molecule has 198 valence electrons. The number of allylic oxidation sites excluding steroid dienone is 1. The van der Waals surface area contributed by atoms with Crippen LogP contribution in [0.25, 0.3) is 6.08 Å². The first kappa shape index (κ1) is 27.1. The van der Waals surface area contributed by atoms with Crippen molar-refractivity contribution in [2.75, 3.05) is 20.8 Å². The molecular weight excluding hydrogens is 582 g/mol. The topological polar surface area (TPSA) is 142 Å². The number of carbonyl (C=O) groups excluding carboxylic acids is 1. The Hall–Kier alpha value is -3.97. The van der Waals surface area contributed by atoms with Crippen LogP contribution in [0.3, 0.4) is 0 Å². The van der Waals surface area contributed by atoms with Crippen LogP contribution in [-0.2, 0) is 9.53 Å². The van der Waals surface area contributed by atoms with E-state index in [2.05, 4.69) is 20.9 Å². The van der Waals surface area contributed by atoms with Crippen LogP contribution >= 0.6 is 27.3 Å². The molecule has 0 spiro atoms. The second-order valence-electron chi connectivity index (χ2n) is 8.03. The minimum Gasteiger partial charge on any atom is -0.506 e. The summed E-state index contributed by atoms with van der Waals surface area (Å²) >= 11 is 4.13. The van der Waals surface area contributed by atoms with Crippen LogP contribution in [0.4, 0.5) is 5.69 Å². The number of nitrogens with zero attached hydrogens (tertiary/aromatic N) is 3. The zero-order valence-electron chi connectivity index (χ0n) is 20.7. The monoisotopic (exact) mass is 603 g/mol. The van der Waals surface area contributed by atoms with Crippen molar-refractivity contribution in [1.29, 1.82) is 0 Å². The lowest BCUT2D eigenvalue weighted by Gasteiger charge is -2.26. The van der Waals surface area contributed by atoms with Gasteiger partial charge < -0.3 is 19.3 Å². The number of non-ortho nitro benzene ring substituents is 1. The van der Waals surface area contributed by atoms with Gasteiger partial charge in [-0.15, -0.1) is 0 Å². The molecule has 0 saturated heterocycles. The number of aromatic hydroxyl groups is 1. The van der Waals surface area contributed by atoms with Gasteiger partial charge in [-0.1, -0.05) is 11.3 Å². The van der Waals surface area contributed by atoms with Crippen LogP contribution in [0.1, 0.15) is 31.0 Å². The van der Waals surface area contributed by atoms with Crippen molar-refractivity contribution in [3.8, 4) is 17.2 Å². The second kappa shape index (κ2) is 10.8. The fourth-order valence-electron chi connectivity index (χ4n) is 4.10. The van der Waals surface area contributed by atoms with E-state index in [-0.39, 0.29) is 43.0 Å². The van der Waals surface area contributed by atoms with Gasteiger partial charge in [-0.2, -0.15) is 0 Å². The summed E-state index contributed by atoms with van der Waals surface area (Å²) in [7, 11) is 2.96. The van der Waals surface area contributed by atoms with Crippen LogP contribution in [0.15, 0.2) is 55.9 Å². The zero-order valence-corrected chi connectivity index (χ0v) is 23.1. The predicted octanol–water partition coefficient (Wildman–Crippen LogP) is 3.19. The molecule has 0 amide bonds. The maximum Gasteiger partial charge on any atom is 0.338 e. The van der Waals surface area contributed by atoms with E-state index in [0.29, 0.717) is 22.8 Å². The Labute approximate surface area is 228 Å². The van der Waals surface area contributed by atoms with Crippen LogP contribution in [0.2, 0.25) is 0 Å². The van der Waals surface area contributed by atoms with E-state index >= 15 is 0 Å². The lowest BCUT2D eigenvalue weighted by Crippen LogP contribution is -2.40. The Morgan fingerprint density at radius 2 is 2.03 bits per heavy atom. The van der Waals surface area contributed by atoms with Gasteiger partial charge in [0.2, 0.25) is 0 Å². The van der Waals surface area contributed by atoms with Crippen molar-refractivity contribution in [2.24, 2.45) is 4.99 Å². The summed E-state index contributed by atoms with van der Waals surface area (Å²) in [5, 5.41) is 21.8. The zero-order chi connectivity index (χ0) is 27.7. The first-order chi connectivity index (χ1) is 18.1. The van der Waals surface area contributed by atoms with Crippen LogP contribution in [-0.4, -0.2) is 41.4 Å². The number of nitro benzene ring substituents is 1. The molecule has 1 aliphatic heterocycles. The molecule has 1 atom stereocenters. The van der Waals surface area contributed by atoms with Crippen LogP contribution in [0.5, 0.6) is 17.2 Å². The average molecular weight is 604 g/mol. The van der Waals surface area contributed by atoms with Crippen LogP contribution in [0, 0.1) is 10.1 Å². The number of hydrogen-bond donors (Lipinski definition) is 1. The maximum absolute atomic E-state index is 13.8. The van der Waals surface area contributed by atoms with E-state index < -0.39 is 22.5 Å². The van der Waals surface area contributed by atoms with E-state index in [1.54, 1.807) is 32.0 Å². The smallest absolute Gasteiger partial charge is 0.338 e. The molecule has 1 aromatic heterocycles. The fourth-order valence-corrected chi connectivity index (χ4v) is 5.60. The average Bonchev–Trinajstić information content (AvgIpc) is 3.19. The number of rotatable bonds is 7. The molecule has 0 saturated carbocycles. The number of halogens is 1. The molecule has 13 heteroatoms. The third-order valence-electron chi connectivity index (χ3n) is 5.82. The summed E-state index contributed by atoms with van der Waals surface area (Å²) in [6.07, 6.45) is 1.35. The number of phenolic OH excluding ortho intramolecular Hbond substituents is 1. The molecule has 0 fully saturated rings. The second-order valence-corrected chi connectivity index (χ2v) is 9.90. The number of fused-ring (bicyclic) bond motifs is 1. The predicted molar refractivity (Wildman–Crippen MR) is 142 cm³/mol. The van der Waals surface area contributed by atoms with Gasteiger partial charge in [0.15, 0.2) is 4.80 Å². The van der Waals surface area contributed by atoms with E-state index in [0.717, 1.165) is 23.5 Å². The number of hydrogen-bond acceptors (Lipinski definition) is 10. The SMILES string of the molecule is CCOC(=O)C1=C(C)N=c2s/c(=C\c3cc([N+](=O)[O-])cc(Br)c3O)c(=O)n2[C@H]1c1cc(OC)ccc1OC. The Kier molecular flexibility index (Phi) is 7.69. The first-order valence-electron chi connectivity index (χ1n) is 11.2. The number of thiazole rings is 1. The summed E-state index contributed by atoms with van der Waals surface area (Å²) in [4.78, 5) is 42.4. The summed E-state index contributed by atoms with van der Waals surface area (Å²) in [6.45, 7) is 3.43. The molecule has 1 aliphatic rings. The normalized spacial score (nSPS) is 15.1. The summed E-state index contributed by atoms with van der Waals surface area (Å²) < 4.78 is 17.8. The van der Waals surface area contributed by atoms with E-state index in [9.17, 15) is 24.8 Å². The van der Waals surface area contributed by atoms with Gasteiger partial charge in [-0.3, -0.25) is 19.5 Å². The molecule has 4 rings (SSSR count). The molecule has 0 unspecified atom stereocenters. The largest absolute Gasteiger partial charge is 0.506 e. The Bertz CT molecular complexity index is 1670. The molecule has 0 radical (unpaired) electrons. The van der Waals surface area contributed by atoms with Gasteiger partial charge in [0.05, 0.1) is 46.0 Å². The number of phenols is 1. The summed E-state index contributed by atoms with van der Waals surface area (Å²) in [6, 6.07) is 6.38. The standard InChI is InChI=1S/C25H22BrN3O8S/c1-5-37-24(32)20-12(2)27-25-28(21(20)16-11-15(35-3)6-7-18(16)36-4)23(31)19(38-25)9-13-8-14(29(33)34)10-17(26)22(13)30/h6-11,21,30H,5H2,1-4H3/b19-9-/t21-/m0/s1. The maximum atomic E-state index is 13.8. The molecule has 38 heavy (non-hydrogen) atoms. The Balaban J connectivity index is 2.04. The third kappa shape index (κ3) is 4.82. The number of nitro groups is 1. The molecule has 11 nitrogen and oxygen atoms in total. The lowest BCUT2D eigenvalue weighted by molar-refractivity contribution is -0.385. The van der Waals surface area contributed by atoms with E-state index in [1.165, 1.54) is 24.9 Å². The number of benzene rings is 2. The lowest BCUT2D eigenvalue weighted by atomic mass is 9.94. The molecular formula is C25H22BrN3O8S. The Morgan fingerprint density at radius 1 is 1.29 bits per heavy atom. The number of carbonyl (C=O) groups is 1. The number of ether oxygens (including phenoxy) is 3. The van der Waals surface area contributed by atoms with Crippen molar-refractivity contribution in [1.82, 2.24) is 4.57 Å². The quantitative estimate of drug-likeness (QED) is 0.246. The van der Waals surface area contributed by atoms with E-state index in [1.807, 2.05) is 0 Å². The fraction of sp³-hybridized carbons (Fsp3) is 0.240. The summed E-state index contributed by atoms with van der Waals surface area (Å²) in [5.74, 6) is -0.0247. The third-order valence-corrected chi connectivity index (χ3v) is 7.41. The van der Waals surface area contributed by atoms with Gasteiger partial charge in [-0.05, 0) is 54.1 Å². The van der Waals surface area contributed by atoms with Crippen molar-refractivity contribution in [2.45, 2.75) is 19.9 Å². The van der Waals surface area contributed by atoms with Gasteiger partial charge in [-0.25, -0.2) is 9.79 Å². The molecule has 0 aliphatic carbocycles. The van der Waals surface area contributed by atoms with Gasteiger partial charge >= 0.3 is 5.97 Å². The highest BCUT2D eigenvalue weighted by Gasteiger charge is 2.35. The minimum atomic E-state index is -0.969.